The van der Waals surface area contributed by atoms with Crippen molar-refractivity contribution in [1.29, 1.82) is 0 Å². The zero-order valence-electron chi connectivity index (χ0n) is 18.1. The maximum absolute atomic E-state index is 11.5. The van der Waals surface area contributed by atoms with Crippen molar-refractivity contribution in [2.75, 3.05) is 16.3 Å². The Morgan fingerprint density at radius 2 is 1.91 bits per heavy atom. The lowest BCUT2D eigenvalue weighted by molar-refractivity contribution is 0.605. The number of nitrogens with one attached hydrogen (secondary N) is 3. The molecule has 3 N–H and O–H groups in total. The van der Waals surface area contributed by atoms with Gasteiger partial charge in [-0.15, -0.1) is 0 Å². The van der Waals surface area contributed by atoms with Gasteiger partial charge in [0, 0.05) is 23.1 Å². The summed E-state index contributed by atoms with van der Waals surface area (Å²) in [6.45, 7) is 2.44. The average Bonchev–Trinajstić information content (AvgIpc) is 3.44. The molecule has 0 radical (unpaired) electrons. The van der Waals surface area contributed by atoms with Gasteiger partial charge in [0.1, 0.15) is 18.4 Å². The van der Waals surface area contributed by atoms with E-state index in [0.29, 0.717) is 6.54 Å². The van der Waals surface area contributed by atoms with Gasteiger partial charge in [-0.05, 0) is 49.4 Å². The van der Waals surface area contributed by atoms with Crippen LogP contribution in [0, 0.1) is 6.92 Å². The van der Waals surface area contributed by atoms with Crippen LogP contribution in [0.15, 0.2) is 67.1 Å². The number of anilines is 2. The molecule has 5 aromatic rings. The summed E-state index contributed by atoms with van der Waals surface area (Å²) in [5, 5.41) is 7.62. The average molecular weight is 459 g/mol. The fourth-order valence-corrected chi connectivity index (χ4v) is 4.04. The van der Waals surface area contributed by atoms with Crippen LogP contribution in [0.4, 0.5) is 11.4 Å². The number of pyridine rings is 2. The topological polar surface area (TPSA) is 119 Å². The molecule has 1 aromatic carbocycles. The molecule has 0 spiro atoms. The number of rotatable bonds is 7. The quantitative estimate of drug-likeness (QED) is 0.317. The molecule has 0 amide bonds. The third kappa shape index (κ3) is 4.66. The molecule has 0 aliphatic carbocycles. The van der Waals surface area contributed by atoms with E-state index in [1.165, 1.54) is 6.33 Å². The zero-order chi connectivity index (χ0) is 22.8. The van der Waals surface area contributed by atoms with Gasteiger partial charge in [0.05, 0.1) is 40.7 Å². The third-order valence-electron chi connectivity index (χ3n) is 5.03. The summed E-state index contributed by atoms with van der Waals surface area (Å²) in [5.74, 6) is 0.763. The van der Waals surface area contributed by atoms with Gasteiger partial charge < -0.3 is 14.9 Å². The molecule has 33 heavy (non-hydrogen) atoms. The summed E-state index contributed by atoms with van der Waals surface area (Å²) in [5.41, 5.74) is 6.73. The van der Waals surface area contributed by atoms with Crippen LogP contribution < -0.4 is 10.0 Å². The summed E-state index contributed by atoms with van der Waals surface area (Å²) in [6.07, 6.45) is 5.04. The van der Waals surface area contributed by atoms with Crippen molar-refractivity contribution in [2.24, 2.45) is 0 Å². The monoisotopic (exact) mass is 458 g/mol. The summed E-state index contributed by atoms with van der Waals surface area (Å²) in [4.78, 5) is 17.2. The summed E-state index contributed by atoms with van der Waals surface area (Å²) >= 11 is -1.13. The molecule has 1 atom stereocenters. The lowest BCUT2D eigenvalue weighted by Gasteiger charge is -2.09. The SMILES string of the molecule is Cc1cccc(-c2[nH]c(CNc3cccc(N[S+](C)[O-])c3)nc2-c2ccc3ncnn3c2)n1. The molecular weight excluding hydrogens is 436 g/mol. The van der Waals surface area contributed by atoms with E-state index in [2.05, 4.69) is 30.1 Å². The Morgan fingerprint density at radius 1 is 1.06 bits per heavy atom. The van der Waals surface area contributed by atoms with Crippen molar-refractivity contribution >= 4 is 28.4 Å². The standard InChI is InChI=1S/C23H22N8OS/c1-15-5-3-8-19(27-15)23-22(16-9-10-21-25-14-26-31(21)13-16)28-20(29-23)12-24-17-6-4-7-18(11-17)30-33(2)32/h3-11,13-14,24,30H,12H2,1-2H3,(H,28,29). The number of H-pyrrole nitrogens is 1. The van der Waals surface area contributed by atoms with Gasteiger partial charge in [-0.3, -0.25) is 4.98 Å². The van der Waals surface area contributed by atoms with Gasteiger partial charge in [0.15, 0.2) is 5.65 Å². The van der Waals surface area contributed by atoms with E-state index in [9.17, 15) is 4.55 Å². The maximum Gasteiger partial charge on any atom is 0.155 e. The van der Waals surface area contributed by atoms with Gasteiger partial charge in [-0.1, -0.05) is 12.1 Å². The molecule has 0 saturated heterocycles. The number of aromatic nitrogens is 6. The van der Waals surface area contributed by atoms with Crippen molar-refractivity contribution in [3.63, 3.8) is 0 Å². The second-order valence-corrected chi connectivity index (χ2v) is 8.65. The smallest absolute Gasteiger partial charge is 0.155 e. The molecule has 9 nitrogen and oxygen atoms in total. The van der Waals surface area contributed by atoms with Gasteiger partial charge in [-0.2, -0.15) is 5.10 Å². The lowest BCUT2D eigenvalue weighted by Crippen LogP contribution is -2.10. The van der Waals surface area contributed by atoms with E-state index in [1.54, 1.807) is 10.8 Å². The van der Waals surface area contributed by atoms with Crippen LogP contribution in [0.1, 0.15) is 11.5 Å². The largest absolute Gasteiger partial charge is 0.593 e. The summed E-state index contributed by atoms with van der Waals surface area (Å²) in [7, 11) is 0. The molecule has 10 heteroatoms. The van der Waals surface area contributed by atoms with Crippen LogP contribution in [0.5, 0.6) is 0 Å². The lowest BCUT2D eigenvalue weighted by atomic mass is 10.1. The van der Waals surface area contributed by atoms with Gasteiger partial charge in [-0.25, -0.2) is 19.2 Å². The van der Waals surface area contributed by atoms with Crippen molar-refractivity contribution < 1.29 is 4.55 Å². The van der Waals surface area contributed by atoms with Gasteiger partial charge >= 0.3 is 0 Å². The third-order valence-corrected chi connectivity index (χ3v) is 5.55. The Morgan fingerprint density at radius 3 is 2.76 bits per heavy atom. The van der Waals surface area contributed by atoms with Crippen molar-refractivity contribution in [1.82, 2.24) is 29.5 Å². The van der Waals surface area contributed by atoms with E-state index < -0.39 is 11.4 Å². The Labute approximate surface area is 193 Å². The minimum Gasteiger partial charge on any atom is -0.593 e. The molecule has 0 bridgehead atoms. The molecule has 0 saturated carbocycles. The number of aryl methyl sites for hydroxylation is 1. The van der Waals surface area contributed by atoms with Crippen LogP contribution in [0.25, 0.3) is 28.3 Å². The van der Waals surface area contributed by atoms with Crippen molar-refractivity contribution in [3.05, 3.63) is 78.6 Å². The van der Waals surface area contributed by atoms with E-state index in [1.807, 2.05) is 67.7 Å². The highest BCUT2D eigenvalue weighted by atomic mass is 32.2. The van der Waals surface area contributed by atoms with Crippen LogP contribution in [-0.4, -0.2) is 40.4 Å². The Hall–Kier alpha value is -3.89. The van der Waals surface area contributed by atoms with Crippen molar-refractivity contribution in [2.45, 2.75) is 13.5 Å². The zero-order valence-corrected chi connectivity index (χ0v) is 18.9. The Kier molecular flexibility index (Phi) is 5.68. The number of benzene rings is 1. The highest BCUT2D eigenvalue weighted by molar-refractivity contribution is 7.92. The highest BCUT2D eigenvalue weighted by Gasteiger charge is 2.16. The molecule has 0 fully saturated rings. The fraction of sp³-hybridized carbons (Fsp3) is 0.130. The first-order valence-corrected chi connectivity index (χ1v) is 11.9. The Balaban J connectivity index is 1.48. The highest BCUT2D eigenvalue weighted by Crippen LogP contribution is 2.29. The van der Waals surface area contributed by atoms with Crippen LogP contribution in [0.3, 0.4) is 0 Å². The second-order valence-electron chi connectivity index (χ2n) is 7.54. The molecular formula is C23H22N8OS. The second kappa shape index (κ2) is 8.93. The predicted molar refractivity (Wildman–Crippen MR) is 130 cm³/mol. The van der Waals surface area contributed by atoms with Gasteiger partial charge in [0.2, 0.25) is 0 Å². The Bertz CT molecular complexity index is 1410. The van der Waals surface area contributed by atoms with E-state index >= 15 is 0 Å². The number of fused-ring (bicyclic) bond motifs is 1. The molecule has 1 unspecified atom stereocenters. The molecule has 0 aliphatic heterocycles. The minimum absolute atomic E-state index is 0.475. The van der Waals surface area contributed by atoms with Crippen LogP contribution in [0.2, 0.25) is 0 Å². The first kappa shape index (κ1) is 21.0. The fourth-order valence-electron chi connectivity index (χ4n) is 3.58. The first-order valence-electron chi connectivity index (χ1n) is 10.3. The summed E-state index contributed by atoms with van der Waals surface area (Å²) in [6, 6.07) is 17.5. The number of hydrogen-bond acceptors (Lipinski definition) is 7. The molecule has 166 valence electrons. The maximum atomic E-state index is 11.5. The van der Waals surface area contributed by atoms with E-state index in [-0.39, 0.29) is 0 Å². The van der Waals surface area contributed by atoms with E-state index in [4.69, 9.17) is 4.98 Å². The number of imidazole rings is 1. The van der Waals surface area contributed by atoms with Crippen LogP contribution in [-0.2, 0) is 17.9 Å². The molecule has 5 rings (SSSR count). The molecule has 4 aromatic heterocycles. The van der Waals surface area contributed by atoms with E-state index in [0.717, 1.165) is 51.2 Å². The number of nitrogens with zero attached hydrogens (tertiary/aromatic N) is 5. The van der Waals surface area contributed by atoms with Crippen molar-refractivity contribution in [3.8, 4) is 22.6 Å². The predicted octanol–water partition coefficient (Wildman–Crippen LogP) is 3.81. The number of aromatic amines is 1. The van der Waals surface area contributed by atoms with Gasteiger partial charge in [0.25, 0.3) is 0 Å². The molecule has 0 aliphatic rings. The normalized spacial score (nSPS) is 12.1. The first-order chi connectivity index (χ1) is 16.0. The van der Waals surface area contributed by atoms with Crippen LogP contribution >= 0.6 is 0 Å². The summed E-state index contributed by atoms with van der Waals surface area (Å²) < 4.78 is 16.1. The molecule has 4 heterocycles. The minimum atomic E-state index is -1.13. The number of hydrogen-bond donors (Lipinski definition) is 3.